The summed E-state index contributed by atoms with van der Waals surface area (Å²) in [4.78, 5) is 26.8. The summed E-state index contributed by atoms with van der Waals surface area (Å²) in [6, 6.07) is 11.8. The largest absolute Gasteiger partial charge is 0.474 e. The van der Waals surface area contributed by atoms with Gasteiger partial charge in [-0.25, -0.2) is 9.97 Å². The number of likely N-dealkylation sites (tertiary alicyclic amines) is 1. The molecule has 5 rings (SSSR count). The molecule has 2 aromatic heterocycles. The Balaban J connectivity index is 1.22. The highest BCUT2D eigenvalue weighted by atomic mass is 16.5. The number of fused-ring (bicyclic) bond motifs is 1. The van der Waals surface area contributed by atoms with E-state index >= 15 is 0 Å². The minimum absolute atomic E-state index is 0.0506. The lowest BCUT2D eigenvalue weighted by molar-refractivity contribution is 0.0569. The fraction of sp³-hybridized carbons (Fsp3) is 0.435. The highest BCUT2D eigenvalue weighted by molar-refractivity contribution is 5.94. The number of piperidine rings is 1. The molecule has 0 spiro atoms. The molecule has 2 saturated heterocycles. The summed E-state index contributed by atoms with van der Waals surface area (Å²) in [6.07, 6.45) is 5.45. The maximum absolute atomic E-state index is 12.9. The summed E-state index contributed by atoms with van der Waals surface area (Å²) < 4.78 is 11.8. The Morgan fingerprint density at radius 3 is 2.67 bits per heavy atom. The van der Waals surface area contributed by atoms with Crippen LogP contribution in [0.2, 0.25) is 0 Å². The molecule has 4 heterocycles. The van der Waals surface area contributed by atoms with Crippen molar-refractivity contribution in [2.75, 3.05) is 26.3 Å². The number of hydrogen-bond acceptors (Lipinski definition) is 5. The van der Waals surface area contributed by atoms with Crippen LogP contribution in [0.5, 0.6) is 5.88 Å². The minimum atomic E-state index is -0.0506. The molecule has 0 radical (unpaired) electrons. The van der Waals surface area contributed by atoms with Crippen LogP contribution in [0.4, 0.5) is 0 Å². The summed E-state index contributed by atoms with van der Waals surface area (Å²) in [6.45, 7) is 2.89. The van der Waals surface area contributed by atoms with Crippen LogP contribution in [0.25, 0.3) is 11.0 Å². The number of imidazole rings is 1. The van der Waals surface area contributed by atoms with E-state index in [0.717, 1.165) is 55.8 Å². The third kappa shape index (κ3) is 3.89. The van der Waals surface area contributed by atoms with Gasteiger partial charge in [-0.3, -0.25) is 4.79 Å². The van der Waals surface area contributed by atoms with Gasteiger partial charge in [0.15, 0.2) is 5.82 Å². The maximum Gasteiger partial charge on any atom is 0.289 e. The van der Waals surface area contributed by atoms with Crippen LogP contribution in [0.1, 0.15) is 47.8 Å². The molecule has 1 aromatic carbocycles. The number of aromatic amines is 1. The van der Waals surface area contributed by atoms with E-state index in [1.165, 1.54) is 5.56 Å². The second-order valence-corrected chi connectivity index (χ2v) is 8.00. The number of carbonyl (C=O) groups excluding carboxylic acids is 1. The molecule has 30 heavy (non-hydrogen) atoms. The van der Waals surface area contributed by atoms with Crippen molar-refractivity contribution >= 4 is 16.9 Å². The van der Waals surface area contributed by atoms with E-state index in [0.29, 0.717) is 24.8 Å². The standard InChI is InChI=1S/C23H26N4O3/c28-23(21-25-19-5-1-2-6-20(19)26-21)27-12-7-17(8-13-27)30-22-18(4-3-11-24-22)16-9-14-29-15-10-16/h1-6,11,16-17H,7-10,12-15H2,(H,25,26). The molecule has 0 aliphatic carbocycles. The molecule has 2 aliphatic rings. The van der Waals surface area contributed by atoms with E-state index in [4.69, 9.17) is 9.47 Å². The minimum Gasteiger partial charge on any atom is -0.474 e. The van der Waals surface area contributed by atoms with Gasteiger partial charge in [-0.15, -0.1) is 0 Å². The fourth-order valence-corrected chi connectivity index (χ4v) is 4.36. The van der Waals surface area contributed by atoms with E-state index in [2.05, 4.69) is 21.0 Å². The molecule has 2 fully saturated rings. The van der Waals surface area contributed by atoms with Crippen molar-refractivity contribution < 1.29 is 14.3 Å². The Morgan fingerprint density at radius 2 is 1.87 bits per heavy atom. The number of rotatable bonds is 4. The average molecular weight is 406 g/mol. The van der Waals surface area contributed by atoms with Gasteiger partial charge in [0.25, 0.3) is 5.91 Å². The van der Waals surface area contributed by atoms with Gasteiger partial charge in [0.05, 0.1) is 11.0 Å². The van der Waals surface area contributed by atoms with Crippen LogP contribution < -0.4 is 4.74 Å². The number of nitrogens with zero attached hydrogens (tertiary/aromatic N) is 3. The predicted molar refractivity (Wildman–Crippen MR) is 113 cm³/mol. The van der Waals surface area contributed by atoms with E-state index in [1.807, 2.05) is 35.2 Å². The Hall–Kier alpha value is -2.93. The SMILES string of the molecule is O=C(c1nc2ccccc2[nH]1)N1CCC(Oc2ncccc2C2CCOCC2)CC1. The Morgan fingerprint density at radius 1 is 1.07 bits per heavy atom. The molecule has 7 nitrogen and oxygen atoms in total. The molecule has 0 atom stereocenters. The zero-order chi connectivity index (χ0) is 20.3. The zero-order valence-electron chi connectivity index (χ0n) is 16.9. The van der Waals surface area contributed by atoms with Crippen LogP contribution in [0.15, 0.2) is 42.6 Å². The van der Waals surface area contributed by atoms with Crippen LogP contribution >= 0.6 is 0 Å². The van der Waals surface area contributed by atoms with Crippen molar-refractivity contribution in [2.24, 2.45) is 0 Å². The Labute approximate surface area is 175 Å². The molecule has 1 amide bonds. The highest BCUT2D eigenvalue weighted by Crippen LogP contribution is 2.33. The van der Waals surface area contributed by atoms with Crippen molar-refractivity contribution in [2.45, 2.75) is 37.7 Å². The number of hydrogen-bond donors (Lipinski definition) is 1. The number of ether oxygens (including phenoxy) is 2. The van der Waals surface area contributed by atoms with E-state index in [9.17, 15) is 4.79 Å². The molecule has 3 aromatic rings. The Bertz CT molecular complexity index is 987. The molecular formula is C23H26N4O3. The molecule has 0 bridgehead atoms. The van der Waals surface area contributed by atoms with Gasteiger partial charge in [0.1, 0.15) is 6.10 Å². The number of carbonyl (C=O) groups is 1. The summed E-state index contributed by atoms with van der Waals surface area (Å²) in [5, 5.41) is 0. The molecule has 0 saturated carbocycles. The van der Waals surface area contributed by atoms with Crippen LogP contribution in [0.3, 0.4) is 0 Å². The molecule has 0 unspecified atom stereocenters. The quantitative estimate of drug-likeness (QED) is 0.717. The number of benzene rings is 1. The summed E-state index contributed by atoms with van der Waals surface area (Å²) in [7, 11) is 0. The van der Waals surface area contributed by atoms with Crippen LogP contribution in [-0.2, 0) is 4.74 Å². The second kappa shape index (κ2) is 8.44. The number of H-pyrrole nitrogens is 1. The van der Waals surface area contributed by atoms with Crippen molar-refractivity contribution in [1.29, 1.82) is 0 Å². The van der Waals surface area contributed by atoms with Gasteiger partial charge >= 0.3 is 0 Å². The van der Waals surface area contributed by atoms with Crippen molar-refractivity contribution in [3.63, 3.8) is 0 Å². The number of nitrogens with one attached hydrogen (secondary N) is 1. The molecular weight excluding hydrogens is 380 g/mol. The molecule has 156 valence electrons. The van der Waals surface area contributed by atoms with Gasteiger partial charge < -0.3 is 19.4 Å². The van der Waals surface area contributed by atoms with Crippen LogP contribution in [-0.4, -0.2) is 58.2 Å². The predicted octanol–water partition coefficient (Wildman–Crippen LogP) is 3.54. The van der Waals surface area contributed by atoms with E-state index in [1.54, 1.807) is 6.20 Å². The normalized spacial score (nSPS) is 18.6. The van der Waals surface area contributed by atoms with Crippen molar-refractivity contribution in [1.82, 2.24) is 19.9 Å². The molecule has 7 heteroatoms. The highest BCUT2D eigenvalue weighted by Gasteiger charge is 2.28. The summed E-state index contributed by atoms with van der Waals surface area (Å²) >= 11 is 0. The third-order valence-corrected chi connectivity index (χ3v) is 6.06. The second-order valence-electron chi connectivity index (χ2n) is 8.00. The van der Waals surface area contributed by atoms with Gasteiger partial charge in [-0.1, -0.05) is 18.2 Å². The van der Waals surface area contributed by atoms with E-state index < -0.39 is 0 Å². The lowest BCUT2D eigenvalue weighted by Crippen LogP contribution is -2.42. The first kappa shape index (κ1) is 19.1. The number of para-hydroxylation sites is 2. The number of amides is 1. The maximum atomic E-state index is 12.9. The first-order chi connectivity index (χ1) is 14.8. The zero-order valence-corrected chi connectivity index (χ0v) is 16.9. The van der Waals surface area contributed by atoms with Crippen molar-refractivity contribution in [3.05, 3.63) is 54.0 Å². The molecule has 2 aliphatic heterocycles. The topological polar surface area (TPSA) is 80.3 Å². The lowest BCUT2D eigenvalue weighted by atomic mass is 9.92. The van der Waals surface area contributed by atoms with Gasteiger partial charge in [0, 0.05) is 50.9 Å². The fourth-order valence-electron chi connectivity index (χ4n) is 4.36. The van der Waals surface area contributed by atoms with Crippen LogP contribution in [0, 0.1) is 0 Å². The molecule has 1 N–H and O–H groups in total. The Kier molecular flexibility index (Phi) is 5.36. The lowest BCUT2D eigenvalue weighted by Gasteiger charge is -2.32. The summed E-state index contributed by atoms with van der Waals surface area (Å²) in [5.41, 5.74) is 2.88. The summed E-state index contributed by atoms with van der Waals surface area (Å²) in [5.74, 6) is 1.54. The van der Waals surface area contributed by atoms with Crippen molar-refractivity contribution in [3.8, 4) is 5.88 Å². The van der Waals surface area contributed by atoms with Gasteiger partial charge in [-0.2, -0.15) is 0 Å². The first-order valence-corrected chi connectivity index (χ1v) is 10.7. The smallest absolute Gasteiger partial charge is 0.289 e. The van der Waals surface area contributed by atoms with E-state index in [-0.39, 0.29) is 12.0 Å². The van der Waals surface area contributed by atoms with Gasteiger partial charge in [-0.05, 0) is 37.0 Å². The first-order valence-electron chi connectivity index (χ1n) is 10.7. The third-order valence-electron chi connectivity index (χ3n) is 6.06. The van der Waals surface area contributed by atoms with Gasteiger partial charge in [0.2, 0.25) is 5.88 Å². The number of pyridine rings is 1. The average Bonchev–Trinajstić information content (AvgIpc) is 3.24. The number of aromatic nitrogens is 3. The monoisotopic (exact) mass is 406 g/mol.